The van der Waals surface area contributed by atoms with Gasteiger partial charge in [-0.15, -0.1) is 0 Å². The fourth-order valence-corrected chi connectivity index (χ4v) is 2.23. The van der Waals surface area contributed by atoms with Gasteiger partial charge in [-0.1, -0.05) is 48.5 Å². The molecular weight excluding hydrogens is 328 g/mol. The zero-order valence-corrected chi connectivity index (χ0v) is 15.1. The molecule has 3 N–H and O–H groups in total. The molecule has 0 fully saturated rings. The topological polar surface area (TPSA) is 74.8 Å². The van der Waals surface area contributed by atoms with Crippen molar-refractivity contribution in [1.29, 1.82) is 0 Å². The lowest BCUT2D eigenvalue weighted by molar-refractivity contribution is -0.120. The van der Waals surface area contributed by atoms with Crippen molar-refractivity contribution in [2.24, 2.45) is 4.99 Å². The number of guanidine groups is 1. The van der Waals surface area contributed by atoms with Crippen molar-refractivity contribution in [1.82, 2.24) is 16.0 Å². The summed E-state index contributed by atoms with van der Waals surface area (Å²) in [6.45, 7) is 2.01. The molecule has 26 heavy (non-hydrogen) atoms. The number of amides is 1. The average molecular weight is 354 g/mol. The maximum atomic E-state index is 11.9. The molecule has 2 aromatic rings. The van der Waals surface area contributed by atoms with Gasteiger partial charge in [0.2, 0.25) is 5.91 Å². The number of para-hydroxylation sites is 1. The molecule has 0 saturated heterocycles. The van der Waals surface area contributed by atoms with E-state index in [9.17, 15) is 4.79 Å². The van der Waals surface area contributed by atoms with Crippen molar-refractivity contribution in [2.75, 3.05) is 26.7 Å². The van der Waals surface area contributed by atoms with Gasteiger partial charge in [0.25, 0.3) is 0 Å². The molecule has 0 spiro atoms. The van der Waals surface area contributed by atoms with Gasteiger partial charge in [-0.25, -0.2) is 0 Å². The summed E-state index contributed by atoms with van der Waals surface area (Å²) < 4.78 is 5.63. The molecule has 1 amide bonds. The smallest absolute Gasteiger partial charge is 0.239 e. The van der Waals surface area contributed by atoms with Gasteiger partial charge in [-0.2, -0.15) is 0 Å². The van der Waals surface area contributed by atoms with E-state index in [1.807, 2.05) is 60.7 Å². The first-order valence-corrected chi connectivity index (χ1v) is 8.71. The normalized spacial score (nSPS) is 10.9. The fraction of sp³-hybridized carbons (Fsp3) is 0.300. The first-order chi connectivity index (χ1) is 12.8. The molecule has 0 saturated carbocycles. The van der Waals surface area contributed by atoms with Crippen molar-refractivity contribution >= 4 is 11.9 Å². The molecule has 0 atom stereocenters. The summed E-state index contributed by atoms with van der Waals surface area (Å²) in [5.41, 5.74) is 1.07. The van der Waals surface area contributed by atoms with Gasteiger partial charge in [0.1, 0.15) is 5.75 Å². The maximum Gasteiger partial charge on any atom is 0.239 e. The highest BCUT2D eigenvalue weighted by molar-refractivity contribution is 5.86. The zero-order chi connectivity index (χ0) is 18.5. The Morgan fingerprint density at radius 1 is 0.962 bits per heavy atom. The van der Waals surface area contributed by atoms with E-state index in [1.165, 1.54) is 0 Å². The number of hydrogen-bond donors (Lipinski definition) is 3. The van der Waals surface area contributed by atoms with Crippen LogP contribution in [0.1, 0.15) is 12.0 Å². The van der Waals surface area contributed by atoms with Crippen LogP contribution in [0.4, 0.5) is 0 Å². The molecular formula is C20H26N4O2. The van der Waals surface area contributed by atoms with Crippen molar-refractivity contribution < 1.29 is 9.53 Å². The van der Waals surface area contributed by atoms with Gasteiger partial charge >= 0.3 is 0 Å². The lowest BCUT2D eigenvalue weighted by atomic mass is 10.2. The Balaban J connectivity index is 1.56. The minimum absolute atomic E-state index is 0.0794. The molecule has 138 valence electrons. The molecule has 0 aliphatic carbocycles. The van der Waals surface area contributed by atoms with E-state index in [2.05, 4.69) is 20.9 Å². The summed E-state index contributed by atoms with van der Waals surface area (Å²) >= 11 is 0. The highest BCUT2D eigenvalue weighted by Gasteiger charge is 2.03. The minimum atomic E-state index is -0.0794. The number of rotatable bonds is 9. The molecule has 0 unspecified atom stereocenters. The second-order valence-electron chi connectivity index (χ2n) is 5.63. The van der Waals surface area contributed by atoms with Crippen LogP contribution in [0.2, 0.25) is 0 Å². The number of carbonyl (C=O) groups excluding carboxylic acids is 1. The van der Waals surface area contributed by atoms with Gasteiger partial charge in [-0.05, 0) is 24.1 Å². The van der Waals surface area contributed by atoms with E-state index >= 15 is 0 Å². The van der Waals surface area contributed by atoms with Crippen LogP contribution in [0.15, 0.2) is 65.7 Å². The van der Waals surface area contributed by atoms with Crippen molar-refractivity contribution in [3.63, 3.8) is 0 Å². The van der Waals surface area contributed by atoms with E-state index in [4.69, 9.17) is 4.74 Å². The molecule has 0 radical (unpaired) electrons. The van der Waals surface area contributed by atoms with Crippen molar-refractivity contribution in [3.05, 3.63) is 66.2 Å². The Kier molecular flexibility index (Phi) is 8.55. The zero-order valence-electron chi connectivity index (χ0n) is 15.1. The third-order valence-corrected chi connectivity index (χ3v) is 3.60. The van der Waals surface area contributed by atoms with Crippen LogP contribution in [-0.4, -0.2) is 38.6 Å². The molecule has 6 heteroatoms. The van der Waals surface area contributed by atoms with E-state index in [1.54, 1.807) is 7.05 Å². The molecule has 6 nitrogen and oxygen atoms in total. The van der Waals surface area contributed by atoms with E-state index < -0.39 is 0 Å². The number of carbonyl (C=O) groups is 1. The predicted octanol–water partition coefficient (Wildman–Crippen LogP) is 1.94. The number of nitrogens with one attached hydrogen (secondary N) is 3. The van der Waals surface area contributed by atoms with Gasteiger partial charge in [-0.3, -0.25) is 9.79 Å². The standard InChI is InChI=1S/C20H26N4O2/c1-21-20(22-13-8-14-26-18-11-6-3-7-12-18)24-16-19(25)23-15-17-9-4-2-5-10-17/h2-7,9-12H,8,13-16H2,1H3,(H,23,25)(H2,21,22,24). The monoisotopic (exact) mass is 354 g/mol. The summed E-state index contributed by atoms with van der Waals surface area (Å²) in [7, 11) is 1.68. The summed E-state index contributed by atoms with van der Waals surface area (Å²) in [5.74, 6) is 1.38. The molecule has 0 heterocycles. The van der Waals surface area contributed by atoms with Crippen LogP contribution in [-0.2, 0) is 11.3 Å². The Morgan fingerprint density at radius 3 is 2.35 bits per heavy atom. The predicted molar refractivity (Wildman–Crippen MR) is 104 cm³/mol. The summed E-state index contributed by atoms with van der Waals surface area (Å²) in [4.78, 5) is 16.0. The molecule has 0 bridgehead atoms. The number of hydrogen-bond acceptors (Lipinski definition) is 3. The largest absolute Gasteiger partial charge is 0.494 e. The molecule has 0 aromatic heterocycles. The fourth-order valence-electron chi connectivity index (χ4n) is 2.23. The Labute approximate surface area is 154 Å². The van der Waals surface area contributed by atoms with E-state index in [-0.39, 0.29) is 12.5 Å². The Morgan fingerprint density at radius 2 is 1.65 bits per heavy atom. The second kappa shape index (κ2) is 11.5. The van der Waals surface area contributed by atoms with Crippen LogP contribution < -0.4 is 20.7 Å². The van der Waals surface area contributed by atoms with E-state index in [0.29, 0.717) is 25.7 Å². The van der Waals surface area contributed by atoms with Crippen LogP contribution in [0.3, 0.4) is 0 Å². The summed E-state index contributed by atoms with van der Waals surface area (Å²) in [6.07, 6.45) is 0.829. The lowest BCUT2D eigenvalue weighted by Crippen LogP contribution is -2.43. The molecule has 2 rings (SSSR count). The van der Waals surface area contributed by atoms with Crippen LogP contribution >= 0.6 is 0 Å². The van der Waals surface area contributed by atoms with Gasteiger partial charge in [0.05, 0.1) is 13.2 Å². The van der Waals surface area contributed by atoms with Crippen molar-refractivity contribution in [2.45, 2.75) is 13.0 Å². The molecule has 2 aromatic carbocycles. The van der Waals surface area contributed by atoms with Crippen LogP contribution in [0, 0.1) is 0 Å². The molecule has 0 aliphatic heterocycles. The number of benzene rings is 2. The minimum Gasteiger partial charge on any atom is -0.494 e. The van der Waals surface area contributed by atoms with E-state index in [0.717, 1.165) is 17.7 Å². The van der Waals surface area contributed by atoms with Gasteiger partial charge in [0, 0.05) is 20.1 Å². The third kappa shape index (κ3) is 7.70. The summed E-state index contributed by atoms with van der Waals surface area (Å²) in [6, 6.07) is 19.5. The van der Waals surface area contributed by atoms with Crippen LogP contribution in [0.25, 0.3) is 0 Å². The summed E-state index contributed by atoms with van der Waals surface area (Å²) in [5, 5.41) is 9.03. The van der Waals surface area contributed by atoms with Gasteiger partial charge in [0.15, 0.2) is 5.96 Å². The Bertz CT molecular complexity index is 675. The second-order valence-corrected chi connectivity index (χ2v) is 5.63. The number of nitrogens with zero attached hydrogens (tertiary/aromatic N) is 1. The molecule has 0 aliphatic rings. The van der Waals surface area contributed by atoms with Gasteiger partial charge < -0.3 is 20.7 Å². The third-order valence-electron chi connectivity index (χ3n) is 3.60. The number of ether oxygens (including phenoxy) is 1. The van der Waals surface area contributed by atoms with Crippen molar-refractivity contribution in [3.8, 4) is 5.75 Å². The highest BCUT2D eigenvalue weighted by atomic mass is 16.5. The maximum absolute atomic E-state index is 11.9. The van der Waals surface area contributed by atoms with Crippen LogP contribution in [0.5, 0.6) is 5.75 Å². The number of aliphatic imine (C=N–C) groups is 1. The SMILES string of the molecule is CN=C(NCCCOc1ccccc1)NCC(=O)NCc1ccccc1. The first-order valence-electron chi connectivity index (χ1n) is 8.71. The lowest BCUT2D eigenvalue weighted by Gasteiger charge is -2.12. The quantitative estimate of drug-likeness (QED) is 0.365. The first kappa shape index (κ1) is 19.3. The average Bonchev–Trinajstić information content (AvgIpc) is 2.70. The highest BCUT2D eigenvalue weighted by Crippen LogP contribution is 2.07. The Hall–Kier alpha value is -3.02.